The molecule has 0 aliphatic carbocycles. The molecular weight excluding hydrogens is 238 g/mol. The molecule has 0 fully saturated rings. The average Bonchev–Trinajstić information content (AvgIpc) is 2.36. The normalized spacial score (nSPS) is 12.7. The topological polar surface area (TPSA) is 47.0 Å². The van der Waals surface area contributed by atoms with Gasteiger partial charge < -0.3 is 10.1 Å². The van der Waals surface area contributed by atoms with Crippen LogP contribution in [0.5, 0.6) is 5.88 Å². The molecule has 0 aliphatic rings. The lowest BCUT2D eigenvalue weighted by Gasteiger charge is -2.19. The predicted molar refractivity (Wildman–Crippen MR) is 78.4 cm³/mol. The van der Waals surface area contributed by atoms with Crippen LogP contribution in [-0.4, -0.2) is 29.2 Å². The van der Waals surface area contributed by atoms with Crippen molar-refractivity contribution in [1.82, 2.24) is 15.3 Å². The highest BCUT2D eigenvalue weighted by molar-refractivity contribution is 5.09. The van der Waals surface area contributed by atoms with Gasteiger partial charge in [-0.15, -0.1) is 0 Å². The van der Waals surface area contributed by atoms with E-state index < -0.39 is 0 Å². The number of hydrogen-bond acceptors (Lipinski definition) is 4. The Balaban J connectivity index is 2.61. The summed E-state index contributed by atoms with van der Waals surface area (Å²) in [5.74, 6) is 1.32. The fraction of sp³-hybridized carbons (Fsp3) is 0.733. The quantitative estimate of drug-likeness (QED) is 0.746. The van der Waals surface area contributed by atoms with Gasteiger partial charge >= 0.3 is 0 Å². The maximum absolute atomic E-state index is 5.52. The van der Waals surface area contributed by atoms with Crippen LogP contribution in [0.15, 0.2) is 12.4 Å². The van der Waals surface area contributed by atoms with Crippen LogP contribution in [0, 0.1) is 5.92 Å². The van der Waals surface area contributed by atoms with Crippen LogP contribution in [0.4, 0.5) is 0 Å². The summed E-state index contributed by atoms with van der Waals surface area (Å²) in [5.41, 5.74) is 1.00. The molecular formula is C15H27N3O. The van der Waals surface area contributed by atoms with Gasteiger partial charge in [0.2, 0.25) is 5.88 Å². The van der Waals surface area contributed by atoms with Gasteiger partial charge in [0, 0.05) is 18.7 Å². The molecule has 1 unspecified atom stereocenters. The van der Waals surface area contributed by atoms with Crippen LogP contribution in [-0.2, 0) is 6.42 Å². The third-order valence-electron chi connectivity index (χ3n) is 2.82. The van der Waals surface area contributed by atoms with E-state index in [4.69, 9.17) is 4.74 Å². The predicted octanol–water partition coefficient (Wildman–Crippen LogP) is 2.83. The zero-order chi connectivity index (χ0) is 14.1. The summed E-state index contributed by atoms with van der Waals surface area (Å²) in [4.78, 5) is 8.73. The molecule has 1 N–H and O–H groups in total. The third-order valence-corrected chi connectivity index (χ3v) is 2.82. The van der Waals surface area contributed by atoms with Crippen molar-refractivity contribution in [3.63, 3.8) is 0 Å². The Morgan fingerprint density at radius 3 is 2.68 bits per heavy atom. The lowest BCUT2D eigenvalue weighted by atomic mass is 10.00. The molecule has 0 aliphatic heterocycles. The molecule has 1 rings (SSSR count). The molecule has 0 radical (unpaired) electrons. The van der Waals surface area contributed by atoms with E-state index in [1.54, 1.807) is 6.20 Å². The monoisotopic (exact) mass is 265 g/mol. The van der Waals surface area contributed by atoms with Gasteiger partial charge in [-0.2, -0.15) is 0 Å². The first-order valence-corrected chi connectivity index (χ1v) is 7.32. The van der Waals surface area contributed by atoms with Gasteiger partial charge in [-0.05, 0) is 25.3 Å². The van der Waals surface area contributed by atoms with Gasteiger partial charge in [0.15, 0.2) is 0 Å². The number of rotatable bonds is 9. The zero-order valence-electron chi connectivity index (χ0n) is 12.6. The minimum Gasteiger partial charge on any atom is -0.477 e. The van der Waals surface area contributed by atoms with Crippen LogP contribution in [0.2, 0.25) is 0 Å². The van der Waals surface area contributed by atoms with E-state index in [0.717, 1.165) is 31.5 Å². The van der Waals surface area contributed by atoms with E-state index in [2.05, 4.69) is 43.0 Å². The summed E-state index contributed by atoms with van der Waals surface area (Å²) < 4.78 is 5.52. The second kappa shape index (κ2) is 8.86. The van der Waals surface area contributed by atoms with Crippen LogP contribution >= 0.6 is 0 Å². The summed E-state index contributed by atoms with van der Waals surface area (Å²) in [6, 6.07) is 0.459. The Kier molecular flexibility index (Phi) is 7.41. The van der Waals surface area contributed by atoms with Crippen molar-refractivity contribution in [2.75, 3.05) is 13.2 Å². The van der Waals surface area contributed by atoms with Gasteiger partial charge in [-0.3, -0.25) is 4.98 Å². The lowest BCUT2D eigenvalue weighted by molar-refractivity contribution is 0.302. The molecule has 0 spiro atoms. The average molecular weight is 265 g/mol. The Morgan fingerprint density at radius 1 is 1.26 bits per heavy atom. The van der Waals surface area contributed by atoms with Gasteiger partial charge in [-0.1, -0.05) is 27.7 Å². The van der Waals surface area contributed by atoms with E-state index in [1.807, 2.05) is 6.20 Å². The lowest BCUT2D eigenvalue weighted by Crippen LogP contribution is -2.32. The number of hydrogen-bond donors (Lipinski definition) is 1. The minimum absolute atomic E-state index is 0.459. The number of likely N-dealkylation sites (N-methyl/N-ethyl adjacent to an activating group) is 1. The standard InChI is InChI=1S/C15H27N3O/c1-5-7-19-15-11-16-10-14(18-15)9-13(17-6-2)8-12(3)4/h10-13,17H,5-9H2,1-4H3. The maximum Gasteiger partial charge on any atom is 0.232 e. The Bertz CT molecular complexity index is 355. The Morgan fingerprint density at radius 2 is 2.05 bits per heavy atom. The van der Waals surface area contributed by atoms with Crippen LogP contribution < -0.4 is 10.1 Å². The van der Waals surface area contributed by atoms with Gasteiger partial charge in [0.05, 0.1) is 18.5 Å². The van der Waals surface area contributed by atoms with Crippen LogP contribution in [0.3, 0.4) is 0 Å². The summed E-state index contributed by atoms with van der Waals surface area (Å²) >= 11 is 0. The Labute approximate surface area is 117 Å². The minimum atomic E-state index is 0.459. The molecule has 0 saturated heterocycles. The second-order valence-electron chi connectivity index (χ2n) is 5.29. The van der Waals surface area contributed by atoms with Crippen molar-refractivity contribution < 1.29 is 4.74 Å². The van der Waals surface area contributed by atoms with E-state index in [0.29, 0.717) is 24.4 Å². The molecule has 19 heavy (non-hydrogen) atoms. The molecule has 4 nitrogen and oxygen atoms in total. The van der Waals surface area contributed by atoms with E-state index in [-0.39, 0.29) is 0 Å². The summed E-state index contributed by atoms with van der Waals surface area (Å²) in [7, 11) is 0. The molecule has 0 bridgehead atoms. The SMILES string of the molecule is CCCOc1cncc(CC(CC(C)C)NCC)n1. The molecule has 0 aromatic carbocycles. The molecule has 1 aromatic rings. The molecule has 1 aromatic heterocycles. The zero-order valence-corrected chi connectivity index (χ0v) is 12.6. The van der Waals surface area contributed by atoms with Crippen molar-refractivity contribution in [2.24, 2.45) is 5.92 Å². The summed E-state index contributed by atoms with van der Waals surface area (Å²) in [6.07, 6.45) is 6.56. The van der Waals surface area contributed by atoms with E-state index in [9.17, 15) is 0 Å². The molecule has 0 amide bonds. The molecule has 1 atom stereocenters. The highest BCUT2D eigenvalue weighted by Gasteiger charge is 2.12. The van der Waals surface area contributed by atoms with E-state index in [1.165, 1.54) is 0 Å². The smallest absolute Gasteiger partial charge is 0.232 e. The molecule has 1 heterocycles. The second-order valence-corrected chi connectivity index (χ2v) is 5.29. The fourth-order valence-electron chi connectivity index (χ4n) is 2.11. The molecule has 4 heteroatoms. The molecule has 108 valence electrons. The Hall–Kier alpha value is -1.16. The molecule has 0 saturated carbocycles. The first-order valence-electron chi connectivity index (χ1n) is 7.32. The van der Waals surface area contributed by atoms with Crippen LogP contribution in [0.1, 0.15) is 46.2 Å². The van der Waals surface area contributed by atoms with Gasteiger partial charge in [0.25, 0.3) is 0 Å². The summed E-state index contributed by atoms with van der Waals surface area (Å²) in [6.45, 7) is 10.4. The van der Waals surface area contributed by atoms with Gasteiger partial charge in [0.1, 0.15) is 0 Å². The van der Waals surface area contributed by atoms with Crippen molar-refractivity contribution in [3.05, 3.63) is 18.1 Å². The maximum atomic E-state index is 5.52. The fourth-order valence-corrected chi connectivity index (χ4v) is 2.11. The van der Waals surface area contributed by atoms with Crippen molar-refractivity contribution in [2.45, 2.75) is 53.0 Å². The number of nitrogens with one attached hydrogen (secondary N) is 1. The third kappa shape index (κ3) is 6.53. The number of aromatic nitrogens is 2. The first kappa shape index (κ1) is 15.9. The number of ether oxygens (including phenoxy) is 1. The van der Waals surface area contributed by atoms with Crippen molar-refractivity contribution in [1.29, 1.82) is 0 Å². The highest BCUT2D eigenvalue weighted by Crippen LogP contribution is 2.12. The van der Waals surface area contributed by atoms with Gasteiger partial charge in [-0.25, -0.2) is 4.98 Å². The summed E-state index contributed by atoms with van der Waals surface area (Å²) in [5, 5.41) is 3.52. The number of nitrogens with zero attached hydrogens (tertiary/aromatic N) is 2. The van der Waals surface area contributed by atoms with Crippen molar-refractivity contribution in [3.8, 4) is 5.88 Å². The highest BCUT2D eigenvalue weighted by atomic mass is 16.5. The van der Waals surface area contributed by atoms with E-state index >= 15 is 0 Å². The first-order chi connectivity index (χ1) is 9.15. The largest absolute Gasteiger partial charge is 0.477 e. The van der Waals surface area contributed by atoms with Crippen molar-refractivity contribution >= 4 is 0 Å². The van der Waals surface area contributed by atoms with Crippen LogP contribution in [0.25, 0.3) is 0 Å².